The number of hydrogen-bond donors (Lipinski definition) is 2. The molecule has 216 valence electrons. The molecule has 1 heterocycles. The topological polar surface area (TPSA) is 53.6 Å². The van der Waals surface area contributed by atoms with Crippen LogP contribution in [0.15, 0.2) is 11.2 Å². The number of hydrazine groups is 1. The van der Waals surface area contributed by atoms with E-state index < -0.39 is 89.8 Å². The zero-order chi connectivity index (χ0) is 29.4. The molecule has 38 heavy (non-hydrogen) atoms. The molecule has 0 bridgehead atoms. The van der Waals surface area contributed by atoms with E-state index in [9.17, 15) is 57.5 Å². The van der Waals surface area contributed by atoms with Crippen LogP contribution in [0.4, 0.5) is 52.7 Å². The molecule has 1 unspecified atom stereocenters. The summed E-state index contributed by atoms with van der Waals surface area (Å²) in [5.74, 6) is -32.6. The summed E-state index contributed by atoms with van der Waals surface area (Å²) in [6, 6.07) is 0. The van der Waals surface area contributed by atoms with E-state index >= 15 is 0 Å². The third kappa shape index (κ3) is 5.58. The monoisotopic (exact) mass is 595 g/mol. The van der Waals surface area contributed by atoms with Crippen LogP contribution in [0, 0.1) is 23.3 Å². The highest BCUT2D eigenvalue weighted by atomic mass is 35.5. The van der Waals surface area contributed by atoms with Gasteiger partial charge in [-0.3, -0.25) is 4.79 Å². The van der Waals surface area contributed by atoms with Gasteiger partial charge in [0.05, 0.1) is 17.0 Å². The fourth-order valence-electron chi connectivity index (χ4n) is 3.31. The molecule has 1 aliphatic rings. The van der Waals surface area contributed by atoms with Gasteiger partial charge in [-0.1, -0.05) is 18.5 Å². The number of nitrogens with zero attached hydrogens (tertiary/aromatic N) is 1. The number of halogens is 13. The lowest BCUT2D eigenvalue weighted by atomic mass is 9.92. The van der Waals surface area contributed by atoms with Gasteiger partial charge >= 0.3 is 24.2 Å². The van der Waals surface area contributed by atoms with Crippen molar-refractivity contribution in [3.8, 4) is 5.75 Å². The normalized spacial score (nSPS) is 18.7. The zero-order valence-electron chi connectivity index (χ0n) is 19.2. The van der Waals surface area contributed by atoms with Crippen molar-refractivity contribution in [1.82, 2.24) is 15.8 Å². The standard InChI is InChI=1S/C20H18ClF12N3O2/c1-3-17(9(21)6-36(2)35-17)4-10(37)34-5-8-11(22)13(24)15(14(25)12(8)23)38-7-18(28,29)20(32,33)19(30,31)16(26)27/h6,16,35H,3-5,7H2,1-2H3,(H,34,37). The van der Waals surface area contributed by atoms with E-state index in [1.54, 1.807) is 14.0 Å². The predicted molar refractivity (Wildman–Crippen MR) is 107 cm³/mol. The number of hydrogen-bond acceptors (Lipinski definition) is 4. The first-order valence-electron chi connectivity index (χ1n) is 10.3. The molecule has 18 heteroatoms. The maximum Gasteiger partial charge on any atom is 0.381 e. The first kappa shape index (κ1) is 31.7. The molecule has 1 amide bonds. The van der Waals surface area contributed by atoms with Crippen LogP contribution >= 0.6 is 11.6 Å². The highest BCUT2D eigenvalue weighted by Gasteiger charge is 2.75. The summed E-state index contributed by atoms with van der Waals surface area (Å²) in [5, 5.41) is 3.59. The second-order valence-electron chi connectivity index (χ2n) is 8.14. The molecule has 0 saturated carbocycles. The maximum atomic E-state index is 14.3. The molecular weight excluding hydrogens is 578 g/mol. The molecule has 1 aromatic rings. The Morgan fingerprint density at radius 1 is 1.08 bits per heavy atom. The van der Waals surface area contributed by atoms with Gasteiger partial charge in [0.2, 0.25) is 17.5 Å². The first-order chi connectivity index (χ1) is 17.3. The van der Waals surface area contributed by atoms with Gasteiger partial charge in [-0.15, -0.1) is 0 Å². The molecule has 2 rings (SSSR count). The molecule has 0 aliphatic carbocycles. The number of amides is 1. The Kier molecular flexibility index (Phi) is 9.08. The Hall–Kier alpha value is -2.56. The van der Waals surface area contributed by atoms with Gasteiger partial charge in [0.1, 0.15) is 0 Å². The van der Waals surface area contributed by atoms with Crippen molar-refractivity contribution in [2.24, 2.45) is 0 Å². The van der Waals surface area contributed by atoms with Crippen molar-refractivity contribution in [3.63, 3.8) is 0 Å². The molecule has 0 fully saturated rings. The number of carbonyl (C=O) groups is 1. The van der Waals surface area contributed by atoms with Crippen LogP contribution in [0.25, 0.3) is 0 Å². The van der Waals surface area contributed by atoms with Crippen molar-refractivity contribution in [2.45, 2.75) is 56.0 Å². The molecule has 0 radical (unpaired) electrons. The number of ether oxygens (including phenoxy) is 1. The summed E-state index contributed by atoms with van der Waals surface area (Å²) in [4.78, 5) is 12.3. The van der Waals surface area contributed by atoms with E-state index in [1.807, 2.05) is 5.32 Å². The largest absolute Gasteiger partial charge is 0.481 e. The minimum atomic E-state index is -6.79. The van der Waals surface area contributed by atoms with Crippen molar-refractivity contribution in [1.29, 1.82) is 0 Å². The summed E-state index contributed by atoms with van der Waals surface area (Å²) in [6.45, 7) is -2.62. The predicted octanol–water partition coefficient (Wildman–Crippen LogP) is 5.48. The molecule has 0 saturated heterocycles. The second-order valence-corrected chi connectivity index (χ2v) is 8.55. The van der Waals surface area contributed by atoms with Crippen LogP contribution in [0.1, 0.15) is 25.3 Å². The van der Waals surface area contributed by atoms with Gasteiger partial charge < -0.3 is 15.1 Å². The van der Waals surface area contributed by atoms with Gasteiger partial charge in [-0.2, -0.15) is 35.1 Å². The van der Waals surface area contributed by atoms with Crippen LogP contribution in [-0.4, -0.2) is 54.3 Å². The average molecular weight is 596 g/mol. The summed E-state index contributed by atoms with van der Waals surface area (Å²) >= 11 is 6.10. The van der Waals surface area contributed by atoms with Crippen molar-refractivity contribution in [2.75, 3.05) is 13.7 Å². The molecule has 0 spiro atoms. The summed E-state index contributed by atoms with van der Waals surface area (Å²) in [6.07, 6.45) is -3.99. The van der Waals surface area contributed by atoms with E-state index in [-0.39, 0.29) is 11.5 Å². The Morgan fingerprint density at radius 2 is 1.61 bits per heavy atom. The number of alkyl halides is 8. The molecule has 1 aliphatic heterocycles. The van der Waals surface area contributed by atoms with Crippen LogP contribution in [-0.2, 0) is 11.3 Å². The first-order valence-corrected chi connectivity index (χ1v) is 10.7. The smallest absolute Gasteiger partial charge is 0.381 e. The fraction of sp³-hybridized carbons (Fsp3) is 0.550. The minimum Gasteiger partial charge on any atom is -0.481 e. The van der Waals surface area contributed by atoms with Gasteiger partial charge in [0.25, 0.3) is 0 Å². The van der Waals surface area contributed by atoms with Gasteiger partial charge in [0, 0.05) is 25.4 Å². The summed E-state index contributed by atoms with van der Waals surface area (Å²) < 4.78 is 165. The van der Waals surface area contributed by atoms with Crippen LogP contribution in [0.5, 0.6) is 5.75 Å². The highest BCUT2D eigenvalue weighted by molar-refractivity contribution is 6.31. The number of rotatable bonds is 11. The lowest BCUT2D eigenvalue weighted by molar-refractivity contribution is -0.342. The van der Waals surface area contributed by atoms with Crippen LogP contribution in [0.3, 0.4) is 0 Å². The molecule has 2 N–H and O–H groups in total. The Labute approximate surface area is 211 Å². The SMILES string of the molecule is CCC1(CC(=O)NCc2c(F)c(F)c(OCC(F)(F)C(F)(F)C(F)(F)C(F)F)c(F)c2F)NN(C)C=C1Cl. The fourth-order valence-corrected chi connectivity index (χ4v) is 3.70. The van der Waals surface area contributed by atoms with E-state index in [1.165, 1.54) is 11.2 Å². The lowest BCUT2D eigenvalue weighted by Crippen LogP contribution is -2.59. The number of carbonyl (C=O) groups excluding carboxylic acids is 1. The Bertz CT molecular complexity index is 1070. The molecule has 1 atom stereocenters. The van der Waals surface area contributed by atoms with E-state index in [0.717, 1.165) is 0 Å². The zero-order valence-corrected chi connectivity index (χ0v) is 19.9. The van der Waals surface area contributed by atoms with Gasteiger partial charge in [-0.25, -0.2) is 23.0 Å². The third-order valence-corrected chi connectivity index (χ3v) is 6.01. The van der Waals surface area contributed by atoms with Crippen molar-refractivity contribution < 1.29 is 62.2 Å². The third-order valence-electron chi connectivity index (χ3n) is 5.55. The quantitative estimate of drug-likeness (QED) is 0.263. The van der Waals surface area contributed by atoms with E-state index in [4.69, 9.17) is 11.6 Å². The van der Waals surface area contributed by atoms with Crippen molar-refractivity contribution in [3.05, 3.63) is 40.1 Å². The number of benzene rings is 1. The maximum absolute atomic E-state index is 14.3. The number of nitrogens with one attached hydrogen (secondary N) is 2. The molecule has 1 aromatic carbocycles. The van der Waals surface area contributed by atoms with Crippen molar-refractivity contribution >= 4 is 17.5 Å². The minimum absolute atomic E-state index is 0.197. The van der Waals surface area contributed by atoms with Gasteiger partial charge in [0.15, 0.2) is 24.0 Å². The Balaban J connectivity index is 2.22. The van der Waals surface area contributed by atoms with Gasteiger partial charge in [-0.05, 0) is 6.42 Å². The molecular formula is C20H18ClF12N3O2. The average Bonchev–Trinajstić information content (AvgIpc) is 3.09. The Morgan fingerprint density at radius 3 is 2.03 bits per heavy atom. The summed E-state index contributed by atoms with van der Waals surface area (Å²) in [7, 11) is 1.55. The molecule has 0 aromatic heterocycles. The summed E-state index contributed by atoms with van der Waals surface area (Å²) in [5.41, 5.74) is 0.265. The lowest BCUT2D eigenvalue weighted by Gasteiger charge is -2.32. The van der Waals surface area contributed by atoms with E-state index in [2.05, 4.69) is 10.2 Å². The van der Waals surface area contributed by atoms with Crippen LogP contribution in [0.2, 0.25) is 0 Å². The van der Waals surface area contributed by atoms with E-state index in [0.29, 0.717) is 0 Å². The van der Waals surface area contributed by atoms with Crippen LogP contribution < -0.4 is 15.5 Å². The highest BCUT2D eigenvalue weighted by Crippen LogP contribution is 2.48. The second kappa shape index (κ2) is 10.9. The molecule has 5 nitrogen and oxygen atoms in total.